The number of carbonyl (C=O) groups excluding carboxylic acids is 1. The quantitative estimate of drug-likeness (QED) is 0.268. The number of nitrogens with zero attached hydrogens (tertiary/aromatic N) is 3. The first-order valence-electron chi connectivity index (χ1n) is 12.3. The smallest absolute Gasteiger partial charge is 0.266 e. The molecule has 1 amide bonds. The van der Waals surface area contributed by atoms with Crippen LogP contribution in [0.15, 0.2) is 59.6 Å². The summed E-state index contributed by atoms with van der Waals surface area (Å²) in [7, 11) is 0. The fourth-order valence-electron chi connectivity index (χ4n) is 4.42. The number of para-hydroxylation sites is 1. The van der Waals surface area contributed by atoms with Gasteiger partial charge in [-0.05, 0) is 68.2 Å². The predicted octanol–water partition coefficient (Wildman–Crippen LogP) is 6.02. The second kappa shape index (κ2) is 11.0. The molecule has 2 fully saturated rings. The molecule has 36 heavy (non-hydrogen) atoms. The second-order valence-electron chi connectivity index (χ2n) is 8.97. The van der Waals surface area contributed by atoms with Crippen molar-refractivity contribution < 1.29 is 14.3 Å². The molecule has 3 heterocycles. The Bertz CT molecular complexity index is 1300. The Morgan fingerprint density at radius 1 is 1.25 bits per heavy atom. The zero-order valence-corrected chi connectivity index (χ0v) is 22.1. The van der Waals surface area contributed by atoms with Gasteiger partial charge in [-0.1, -0.05) is 49.1 Å². The highest BCUT2D eigenvalue weighted by atomic mass is 32.2. The molecule has 0 N–H and O–H groups in total. The number of hydrogen-bond donors (Lipinski definition) is 0. The third kappa shape index (κ3) is 5.26. The number of aromatic nitrogens is 2. The van der Waals surface area contributed by atoms with E-state index in [0.29, 0.717) is 22.4 Å². The van der Waals surface area contributed by atoms with Crippen LogP contribution in [0.1, 0.15) is 37.3 Å². The zero-order valence-electron chi connectivity index (χ0n) is 20.5. The van der Waals surface area contributed by atoms with E-state index in [2.05, 4.69) is 13.8 Å². The number of rotatable bonds is 8. The first-order valence-corrected chi connectivity index (χ1v) is 13.5. The second-order valence-corrected chi connectivity index (χ2v) is 10.6. The van der Waals surface area contributed by atoms with E-state index >= 15 is 0 Å². The van der Waals surface area contributed by atoms with Crippen LogP contribution in [0.25, 0.3) is 23.0 Å². The molecule has 0 aliphatic carbocycles. The first-order chi connectivity index (χ1) is 17.5. The van der Waals surface area contributed by atoms with E-state index in [9.17, 15) is 4.79 Å². The number of amides is 1. The van der Waals surface area contributed by atoms with Crippen molar-refractivity contribution in [1.29, 1.82) is 0 Å². The standard InChI is InChI=1S/C28H29N3O3S2/c1-3-13-33-22-11-12-24(19(2)15-22)26-20(17-31(29-26)21-8-5-4-6-9-21)16-25-27(32)30(28(35)36-25)18-23-10-7-14-34-23/h4-6,8-9,11-12,15-17,23H,3,7,10,13-14,18H2,1-2H3/b25-16-/t23-/m0/s1. The maximum atomic E-state index is 13.3. The van der Waals surface area contributed by atoms with Crippen molar-refractivity contribution in [3.05, 3.63) is 70.8 Å². The van der Waals surface area contributed by atoms with Gasteiger partial charge in [0, 0.05) is 23.9 Å². The summed E-state index contributed by atoms with van der Waals surface area (Å²) in [6.45, 7) is 6.09. The van der Waals surface area contributed by atoms with Gasteiger partial charge in [0.15, 0.2) is 0 Å². The number of thiocarbonyl (C=S) groups is 1. The molecule has 2 aliphatic heterocycles. The SMILES string of the molecule is CCCOc1ccc(-c2nn(-c3ccccc3)cc2/C=C2\SC(=S)N(C[C@@H]3CCCO3)C2=O)c(C)c1. The largest absolute Gasteiger partial charge is 0.494 e. The molecule has 2 saturated heterocycles. The summed E-state index contributed by atoms with van der Waals surface area (Å²) >= 11 is 6.90. The van der Waals surface area contributed by atoms with Crippen LogP contribution in [0.5, 0.6) is 5.75 Å². The summed E-state index contributed by atoms with van der Waals surface area (Å²) in [6, 6.07) is 16.0. The molecule has 0 spiro atoms. The average Bonchev–Trinajstić information content (AvgIpc) is 3.61. The van der Waals surface area contributed by atoms with Gasteiger partial charge in [0.05, 0.1) is 29.8 Å². The number of hydrogen-bond acceptors (Lipinski definition) is 6. The van der Waals surface area contributed by atoms with Crippen molar-refractivity contribution in [2.24, 2.45) is 0 Å². The maximum Gasteiger partial charge on any atom is 0.266 e. The summed E-state index contributed by atoms with van der Waals surface area (Å²) in [6.07, 6.45) is 6.88. The van der Waals surface area contributed by atoms with Crippen LogP contribution in [0.2, 0.25) is 0 Å². The molecule has 0 saturated carbocycles. The third-order valence-electron chi connectivity index (χ3n) is 6.26. The number of carbonyl (C=O) groups is 1. The highest BCUT2D eigenvalue weighted by molar-refractivity contribution is 8.26. The van der Waals surface area contributed by atoms with Crippen LogP contribution in [0, 0.1) is 6.92 Å². The van der Waals surface area contributed by atoms with Crippen molar-refractivity contribution in [2.45, 2.75) is 39.2 Å². The molecule has 6 nitrogen and oxygen atoms in total. The zero-order chi connectivity index (χ0) is 25.1. The highest BCUT2D eigenvalue weighted by Crippen LogP contribution is 2.36. The van der Waals surface area contributed by atoms with Crippen LogP contribution in [-0.2, 0) is 9.53 Å². The van der Waals surface area contributed by atoms with Gasteiger partial charge in [-0.25, -0.2) is 4.68 Å². The van der Waals surface area contributed by atoms with Crippen molar-refractivity contribution in [3.8, 4) is 22.7 Å². The molecule has 1 atom stereocenters. The van der Waals surface area contributed by atoms with Crippen molar-refractivity contribution in [1.82, 2.24) is 14.7 Å². The van der Waals surface area contributed by atoms with Gasteiger partial charge in [0.2, 0.25) is 0 Å². The monoisotopic (exact) mass is 519 g/mol. The van der Waals surface area contributed by atoms with Crippen LogP contribution in [-0.4, -0.2) is 50.8 Å². The van der Waals surface area contributed by atoms with Gasteiger partial charge in [-0.3, -0.25) is 9.69 Å². The Morgan fingerprint density at radius 2 is 2.08 bits per heavy atom. The van der Waals surface area contributed by atoms with E-state index < -0.39 is 0 Å². The van der Waals surface area contributed by atoms with E-state index in [0.717, 1.165) is 59.7 Å². The highest BCUT2D eigenvalue weighted by Gasteiger charge is 2.35. The van der Waals surface area contributed by atoms with Gasteiger partial charge in [0.1, 0.15) is 15.8 Å². The van der Waals surface area contributed by atoms with Crippen LogP contribution in [0.4, 0.5) is 0 Å². The molecule has 2 aromatic carbocycles. The Balaban J connectivity index is 1.51. The molecule has 5 rings (SSSR count). The fraction of sp³-hybridized carbons (Fsp3) is 0.321. The van der Waals surface area contributed by atoms with Crippen molar-refractivity contribution >= 4 is 40.3 Å². The number of aryl methyl sites for hydroxylation is 1. The molecule has 0 unspecified atom stereocenters. The Labute approximate surface area is 221 Å². The minimum Gasteiger partial charge on any atom is -0.494 e. The van der Waals surface area contributed by atoms with Gasteiger partial charge in [-0.15, -0.1) is 0 Å². The third-order valence-corrected chi connectivity index (χ3v) is 7.64. The molecule has 0 radical (unpaired) electrons. The number of thioether (sulfide) groups is 1. The van der Waals surface area contributed by atoms with Crippen LogP contribution < -0.4 is 4.74 Å². The van der Waals surface area contributed by atoms with Crippen LogP contribution >= 0.6 is 24.0 Å². The fourth-order valence-corrected chi connectivity index (χ4v) is 5.68. The summed E-state index contributed by atoms with van der Waals surface area (Å²) < 4.78 is 14.0. The Kier molecular flexibility index (Phi) is 7.55. The van der Waals surface area contributed by atoms with E-state index in [1.165, 1.54) is 11.8 Å². The van der Waals surface area contributed by atoms with Crippen LogP contribution in [0.3, 0.4) is 0 Å². The van der Waals surface area contributed by atoms with Crippen molar-refractivity contribution in [3.63, 3.8) is 0 Å². The normalized spacial score (nSPS) is 19.0. The predicted molar refractivity (Wildman–Crippen MR) is 148 cm³/mol. The van der Waals surface area contributed by atoms with E-state index in [1.807, 2.05) is 65.5 Å². The minimum absolute atomic E-state index is 0.0549. The summed E-state index contributed by atoms with van der Waals surface area (Å²) in [5.74, 6) is 0.774. The topological polar surface area (TPSA) is 56.6 Å². The van der Waals surface area contributed by atoms with Crippen molar-refractivity contribution in [2.75, 3.05) is 19.8 Å². The molecular formula is C28H29N3O3S2. The number of benzene rings is 2. The molecule has 8 heteroatoms. The maximum absolute atomic E-state index is 13.3. The van der Waals surface area contributed by atoms with E-state index in [1.54, 1.807) is 4.90 Å². The van der Waals surface area contributed by atoms with E-state index in [4.69, 9.17) is 26.8 Å². The Hall–Kier alpha value is -2.94. The van der Waals surface area contributed by atoms with Gasteiger partial charge >= 0.3 is 0 Å². The summed E-state index contributed by atoms with van der Waals surface area (Å²) in [5, 5.41) is 4.94. The lowest BCUT2D eigenvalue weighted by Crippen LogP contribution is -2.35. The lowest BCUT2D eigenvalue weighted by atomic mass is 10.0. The van der Waals surface area contributed by atoms with E-state index in [-0.39, 0.29) is 12.0 Å². The molecule has 0 bridgehead atoms. The van der Waals surface area contributed by atoms with Gasteiger partial charge < -0.3 is 9.47 Å². The average molecular weight is 520 g/mol. The molecule has 186 valence electrons. The molecular weight excluding hydrogens is 490 g/mol. The number of ether oxygens (including phenoxy) is 2. The van der Waals surface area contributed by atoms with Gasteiger partial charge in [-0.2, -0.15) is 5.10 Å². The first kappa shape index (κ1) is 24.7. The summed E-state index contributed by atoms with van der Waals surface area (Å²) in [4.78, 5) is 15.6. The molecule has 1 aromatic heterocycles. The molecule has 3 aromatic rings. The lowest BCUT2D eigenvalue weighted by molar-refractivity contribution is -0.123. The Morgan fingerprint density at radius 3 is 2.81 bits per heavy atom. The summed E-state index contributed by atoms with van der Waals surface area (Å²) in [5.41, 5.74) is 4.67. The molecule has 2 aliphatic rings. The minimum atomic E-state index is -0.0704. The lowest BCUT2D eigenvalue weighted by Gasteiger charge is -2.18. The van der Waals surface area contributed by atoms with Gasteiger partial charge in [0.25, 0.3) is 5.91 Å².